The van der Waals surface area contributed by atoms with Crippen molar-refractivity contribution < 1.29 is 4.79 Å². The summed E-state index contributed by atoms with van der Waals surface area (Å²) in [5.74, 6) is 0.982. The first-order chi connectivity index (χ1) is 14.5. The molecule has 0 radical (unpaired) electrons. The van der Waals surface area contributed by atoms with Gasteiger partial charge in [-0.2, -0.15) is 0 Å². The van der Waals surface area contributed by atoms with Crippen LogP contribution in [-0.4, -0.2) is 36.5 Å². The van der Waals surface area contributed by atoms with Gasteiger partial charge in [0.2, 0.25) is 0 Å². The summed E-state index contributed by atoms with van der Waals surface area (Å²) in [4.78, 5) is 25.6. The highest BCUT2D eigenvalue weighted by Crippen LogP contribution is 2.24. The molecule has 0 aliphatic rings. The number of imidazole rings is 1. The second-order valence-corrected chi connectivity index (χ2v) is 7.15. The number of aromatic nitrogens is 5. The molecule has 3 N–H and O–H groups in total. The first-order valence-corrected chi connectivity index (χ1v) is 9.56. The summed E-state index contributed by atoms with van der Waals surface area (Å²) in [7, 11) is 0. The molecule has 0 unspecified atom stereocenters. The van der Waals surface area contributed by atoms with Crippen molar-refractivity contribution in [3.8, 4) is 0 Å². The Morgan fingerprint density at radius 1 is 1.03 bits per heavy atom. The van der Waals surface area contributed by atoms with Crippen LogP contribution in [0.3, 0.4) is 0 Å². The summed E-state index contributed by atoms with van der Waals surface area (Å²) in [6, 6.07) is 9.32. The van der Waals surface area contributed by atoms with Gasteiger partial charge in [0.25, 0.3) is 5.91 Å². The lowest BCUT2D eigenvalue weighted by Crippen LogP contribution is -2.17. The molecule has 4 aromatic heterocycles. The lowest BCUT2D eigenvalue weighted by Gasteiger charge is -2.13. The Kier molecular flexibility index (Phi) is 5.25. The van der Waals surface area contributed by atoms with Crippen molar-refractivity contribution in [1.82, 2.24) is 24.6 Å². The van der Waals surface area contributed by atoms with E-state index in [4.69, 9.17) is 0 Å². The highest BCUT2D eigenvalue weighted by atomic mass is 16.2. The monoisotopic (exact) mass is 402 g/mol. The molecular weight excluding hydrogens is 380 g/mol. The number of amides is 1. The molecule has 4 heterocycles. The van der Waals surface area contributed by atoms with E-state index in [0.717, 1.165) is 5.56 Å². The largest absolute Gasteiger partial charge is 0.366 e. The first-order valence-electron chi connectivity index (χ1n) is 9.56. The van der Waals surface area contributed by atoms with Crippen LogP contribution in [-0.2, 0) is 0 Å². The highest BCUT2D eigenvalue weighted by Gasteiger charge is 2.18. The minimum Gasteiger partial charge on any atom is -0.366 e. The smallest absolute Gasteiger partial charge is 0.276 e. The molecule has 0 saturated carbocycles. The van der Waals surface area contributed by atoms with Gasteiger partial charge in [0.15, 0.2) is 11.3 Å². The molecule has 30 heavy (non-hydrogen) atoms. The summed E-state index contributed by atoms with van der Waals surface area (Å²) >= 11 is 0. The maximum atomic E-state index is 12.9. The van der Waals surface area contributed by atoms with Gasteiger partial charge >= 0.3 is 0 Å². The number of anilines is 4. The molecule has 0 fully saturated rings. The zero-order valence-corrected chi connectivity index (χ0v) is 16.9. The van der Waals surface area contributed by atoms with Crippen LogP contribution in [0.25, 0.3) is 5.65 Å². The maximum Gasteiger partial charge on any atom is 0.276 e. The predicted octanol–water partition coefficient (Wildman–Crippen LogP) is 3.64. The quantitative estimate of drug-likeness (QED) is 0.452. The van der Waals surface area contributed by atoms with E-state index in [1.807, 2.05) is 39.0 Å². The summed E-state index contributed by atoms with van der Waals surface area (Å²) in [6.07, 6.45) is 6.48. The Bertz CT molecular complexity index is 1190. The number of hydrogen-bond acceptors (Lipinski definition) is 7. The van der Waals surface area contributed by atoms with E-state index in [-0.39, 0.29) is 11.9 Å². The predicted molar refractivity (Wildman–Crippen MR) is 116 cm³/mol. The van der Waals surface area contributed by atoms with Crippen LogP contribution in [0.5, 0.6) is 0 Å². The number of nitrogens with one attached hydrogen (secondary N) is 3. The fourth-order valence-corrected chi connectivity index (χ4v) is 2.95. The average Bonchev–Trinajstić information content (AvgIpc) is 3.13. The van der Waals surface area contributed by atoms with E-state index in [9.17, 15) is 4.79 Å². The van der Waals surface area contributed by atoms with Crippen molar-refractivity contribution in [3.63, 3.8) is 0 Å². The van der Waals surface area contributed by atoms with Gasteiger partial charge in [0.05, 0.1) is 11.9 Å². The second kappa shape index (κ2) is 8.16. The molecule has 4 aromatic rings. The van der Waals surface area contributed by atoms with E-state index in [1.54, 1.807) is 30.7 Å². The number of nitrogens with zero attached hydrogens (tertiary/aromatic N) is 5. The molecule has 0 atom stereocenters. The maximum absolute atomic E-state index is 12.9. The van der Waals surface area contributed by atoms with Crippen molar-refractivity contribution in [2.24, 2.45) is 0 Å². The van der Waals surface area contributed by atoms with Crippen LogP contribution < -0.4 is 16.0 Å². The molecule has 9 heteroatoms. The summed E-state index contributed by atoms with van der Waals surface area (Å²) in [5.41, 5.74) is 3.25. The molecule has 0 saturated heterocycles. The van der Waals surface area contributed by atoms with Crippen LogP contribution in [0, 0.1) is 6.92 Å². The van der Waals surface area contributed by atoms with Gasteiger partial charge in [-0.3, -0.25) is 9.78 Å². The molecule has 0 aliphatic heterocycles. The topological polar surface area (TPSA) is 109 Å². The molecule has 1 amide bonds. The number of rotatable bonds is 6. The number of carbonyl (C=O) groups is 1. The van der Waals surface area contributed by atoms with E-state index in [1.165, 1.54) is 10.7 Å². The van der Waals surface area contributed by atoms with Gasteiger partial charge in [-0.1, -0.05) is 0 Å². The number of carbonyl (C=O) groups excluding carboxylic acids is 1. The number of hydrogen-bond donors (Lipinski definition) is 3. The molecule has 0 aliphatic carbocycles. The molecular formula is C21H22N8O. The summed E-state index contributed by atoms with van der Waals surface area (Å²) < 4.78 is 1.53. The number of pyridine rings is 2. The average molecular weight is 402 g/mol. The second-order valence-electron chi connectivity index (χ2n) is 7.15. The lowest BCUT2D eigenvalue weighted by atomic mass is 10.3. The van der Waals surface area contributed by atoms with Crippen LogP contribution in [0.15, 0.2) is 55.1 Å². The summed E-state index contributed by atoms with van der Waals surface area (Å²) in [6.45, 7) is 6.04. The molecule has 9 nitrogen and oxygen atoms in total. The third-order valence-corrected chi connectivity index (χ3v) is 4.25. The summed E-state index contributed by atoms with van der Waals surface area (Å²) in [5, 5.41) is 14.0. The molecule has 152 valence electrons. The lowest BCUT2D eigenvalue weighted by molar-refractivity contribution is 0.102. The van der Waals surface area contributed by atoms with Crippen molar-refractivity contribution in [2.45, 2.75) is 26.8 Å². The van der Waals surface area contributed by atoms with Crippen molar-refractivity contribution in [2.75, 3.05) is 16.0 Å². The van der Waals surface area contributed by atoms with Gasteiger partial charge in [-0.05, 0) is 50.6 Å². The Morgan fingerprint density at radius 2 is 1.83 bits per heavy atom. The Balaban J connectivity index is 1.75. The van der Waals surface area contributed by atoms with Crippen LogP contribution in [0.4, 0.5) is 23.0 Å². The van der Waals surface area contributed by atoms with E-state index in [2.05, 4.69) is 36.0 Å². The van der Waals surface area contributed by atoms with Crippen LogP contribution >= 0.6 is 0 Å². The number of fused-ring (bicyclic) bond motifs is 1. The van der Waals surface area contributed by atoms with Crippen LogP contribution in [0.2, 0.25) is 0 Å². The van der Waals surface area contributed by atoms with Crippen molar-refractivity contribution in [1.29, 1.82) is 0 Å². The molecule has 0 spiro atoms. The normalized spacial score (nSPS) is 10.9. The Morgan fingerprint density at radius 3 is 2.57 bits per heavy atom. The standard InChI is InChI=1S/C21H22N8O/c1-13(2)25-19-11-16(27-18-10-14(3)4-9-23-18)20-24-12-17(29(20)28-19)21(30)26-15-5-7-22-8-6-15/h4-13H,1-3H3,(H,23,27)(H,25,28)(H,22,26,30). The van der Waals surface area contributed by atoms with Gasteiger partial charge in [-0.15, -0.1) is 5.10 Å². The number of aryl methyl sites for hydroxylation is 1. The van der Waals surface area contributed by atoms with Gasteiger partial charge in [0, 0.05) is 36.4 Å². The fraction of sp³-hybridized carbons (Fsp3) is 0.190. The first kappa shape index (κ1) is 19.3. The SMILES string of the molecule is Cc1ccnc(Nc2cc(NC(C)C)nn3c(C(=O)Nc4ccncc4)cnc23)c1. The zero-order chi connectivity index (χ0) is 21.1. The molecule has 4 rings (SSSR count). The van der Waals surface area contributed by atoms with E-state index in [0.29, 0.717) is 34.4 Å². The van der Waals surface area contributed by atoms with Crippen molar-refractivity contribution >= 4 is 34.6 Å². The Hall–Kier alpha value is -4.01. The molecule has 0 aromatic carbocycles. The minimum absolute atomic E-state index is 0.164. The fourth-order valence-electron chi connectivity index (χ4n) is 2.95. The highest BCUT2D eigenvalue weighted by molar-refractivity contribution is 6.03. The molecule has 0 bridgehead atoms. The van der Waals surface area contributed by atoms with Gasteiger partial charge in [0.1, 0.15) is 11.6 Å². The third kappa shape index (κ3) is 4.19. The third-order valence-electron chi connectivity index (χ3n) is 4.25. The van der Waals surface area contributed by atoms with Crippen LogP contribution in [0.1, 0.15) is 29.9 Å². The Labute approximate surface area is 173 Å². The minimum atomic E-state index is -0.317. The van der Waals surface area contributed by atoms with E-state index >= 15 is 0 Å². The van der Waals surface area contributed by atoms with Gasteiger partial charge in [-0.25, -0.2) is 14.5 Å². The van der Waals surface area contributed by atoms with Gasteiger partial charge < -0.3 is 16.0 Å². The van der Waals surface area contributed by atoms with E-state index < -0.39 is 0 Å². The van der Waals surface area contributed by atoms with Crippen molar-refractivity contribution in [3.05, 3.63) is 66.4 Å². The zero-order valence-electron chi connectivity index (χ0n) is 16.9.